The lowest BCUT2D eigenvalue weighted by atomic mass is 10.2. The first-order valence-corrected chi connectivity index (χ1v) is 10.3. The number of ether oxygens (including phenoxy) is 2. The van der Waals surface area contributed by atoms with E-state index >= 15 is 0 Å². The third-order valence-electron chi connectivity index (χ3n) is 5.30. The smallest absolute Gasteiger partial charge is 0.241 e. The molecule has 2 aromatic carbocycles. The second kappa shape index (κ2) is 10.8. The lowest BCUT2D eigenvalue weighted by Gasteiger charge is -2.29. The minimum absolute atomic E-state index is 0.0952. The molecule has 2 aromatic rings. The monoisotopic (exact) mass is 426 g/mol. The zero-order valence-electron chi connectivity index (χ0n) is 18.3. The van der Waals surface area contributed by atoms with Crippen LogP contribution in [0.3, 0.4) is 0 Å². The van der Waals surface area contributed by atoms with Gasteiger partial charge in [-0.05, 0) is 50.4 Å². The molecule has 1 atom stereocenters. The highest BCUT2D eigenvalue weighted by Gasteiger charge is 2.20. The van der Waals surface area contributed by atoms with Crippen molar-refractivity contribution in [3.05, 3.63) is 48.5 Å². The predicted molar refractivity (Wildman–Crippen MR) is 122 cm³/mol. The molecule has 1 fully saturated rings. The van der Waals surface area contributed by atoms with Crippen molar-refractivity contribution in [2.45, 2.75) is 13.0 Å². The van der Waals surface area contributed by atoms with Gasteiger partial charge in [0.05, 0.1) is 32.9 Å². The summed E-state index contributed by atoms with van der Waals surface area (Å²) in [7, 11) is 3.32. The number of nitrogens with zero attached hydrogens (tertiary/aromatic N) is 2. The Balaban J connectivity index is 1.49. The van der Waals surface area contributed by atoms with Crippen LogP contribution < -0.4 is 20.3 Å². The summed E-state index contributed by atoms with van der Waals surface area (Å²) in [5.41, 5.74) is 2.49. The molecule has 3 rings (SSSR count). The van der Waals surface area contributed by atoms with Crippen molar-refractivity contribution < 1.29 is 19.1 Å². The van der Waals surface area contributed by atoms with Crippen LogP contribution >= 0.6 is 0 Å². The molecule has 2 amide bonds. The minimum atomic E-state index is -0.486. The van der Waals surface area contributed by atoms with Gasteiger partial charge in [0.15, 0.2) is 0 Å². The van der Waals surface area contributed by atoms with Crippen LogP contribution in [0.1, 0.15) is 6.92 Å². The van der Waals surface area contributed by atoms with E-state index in [-0.39, 0.29) is 18.4 Å². The fraction of sp³-hybridized carbons (Fsp3) is 0.391. The van der Waals surface area contributed by atoms with Crippen molar-refractivity contribution >= 4 is 28.9 Å². The van der Waals surface area contributed by atoms with Crippen molar-refractivity contribution in [2.24, 2.45) is 0 Å². The van der Waals surface area contributed by atoms with Gasteiger partial charge in [-0.3, -0.25) is 14.5 Å². The third-order valence-corrected chi connectivity index (χ3v) is 5.30. The van der Waals surface area contributed by atoms with Gasteiger partial charge in [0, 0.05) is 36.2 Å². The molecular weight excluding hydrogens is 396 g/mol. The summed E-state index contributed by atoms with van der Waals surface area (Å²) >= 11 is 0. The average Bonchev–Trinajstić information content (AvgIpc) is 2.79. The summed E-state index contributed by atoms with van der Waals surface area (Å²) in [6.45, 7) is 5.05. The van der Waals surface area contributed by atoms with Gasteiger partial charge in [-0.25, -0.2) is 0 Å². The predicted octanol–water partition coefficient (Wildman–Crippen LogP) is 2.43. The number of anilines is 3. The highest BCUT2D eigenvalue weighted by atomic mass is 16.5. The molecule has 0 aromatic heterocycles. The second-order valence-electron chi connectivity index (χ2n) is 7.51. The molecule has 1 aliphatic heterocycles. The highest BCUT2D eigenvalue weighted by Crippen LogP contribution is 2.19. The van der Waals surface area contributed by atoms with Gasteiger partial charge in [0.2, 0.25) is 11.8 Å². The van der Waals surface area contributed by atoms with Crippen LogP contribution in [0.25, 0.3) is 0 Å². The zero-order valence-corrected chi connectivity index (χ0v) is 18.3. The van der Waals surface area contributed by atoms with Gasteiger partial charge >= 0.3 is 0 Å². The van der Waals surface area contributed by atoms with Crippen LogP contribution in [0.4, 0.5) is 17.1 Å². The number of benzene rings is 2. The first-order valence-electron chi connectivity index (χ1n) is 10.3. The topological polar surface area (TPSA) is 83.1 Å². The number of carbonyl (C=O) groups excluding carboxylic acids is 2. The molecule has 0 spiro atoms. The van der Waals surface area contributed by atoms with Crippen LogP contribution in [0.15, 0.2) is 48.5 Å². The number of amides is 2. The van der Waals surface area contributed by atoms with Gasteiger partial charge in [-0.15, -0.1) is 0 Å². The number of carbonyl (C=O) groups is 2. The molecule has 8 heteroatoms. The molecule has 0 unspecified atom stereocenters. The van der Waals surface area contributed by atoms with Crippen molar-refractivity contribution in [1.82, 2.24) is 4.90 Å². The fourth-order valence-electron chi connectivity index (χ4n) is 3.29. The third kappa shape index (κ3) is 6.44. The highest BCUT2D eigenvalue weighted by molar-refractivity contribution is 5.96. The summed E-state index contributed by atoms with van der Waals surface area (Å²) in [5, 5.41) is 5.74. The molecule has 1 aliphatic rings. The molecule has 0 aliphatic carbocycles. The van der Waals surface area contributed by atoms with Gasteiger partial charge in [0.1, 0.15) is 5.75 Å². The molecule has 0 saturated carbocycles. The van der Waals surface area contributed by atoms with E-state index in [0.717, 1.165) is 37.7 Å². The summed E-state index contributed by atoms with van der Waals surface area (Å²) in [5.74, 6) is 0.291. The molecule has 0 radical (unpaired) electrons. The normalized spacial score (nSPS) is 14.8. The zero-order chi connectivity index (χ0) is 22.2. The van der Waals surface area contributed by atoms with E-state index in [2.05, 4.69) is 15.5 Å². The maximum Gasteiger partial charge on any atom is 0.241 e. The van der Waals surface area contributed by atoms with Crippen LogP contribution in [-0.4, -0.2) is 69.8 Å². The van der Waals surface area contributed by atoms with Gasteiger partial charge in [-0.2, -0.15) is 0 Å². The summed E-state index contributed by atoms with van der Waals surface area (Å²) in [6.07, 6.45) is 0. The Labute approximate surface area is 183 Å². The van der Waals surface area contributed by atoms with E-state index in [0.29, 0.717) is 11.4 Å². The number of methoxy groups -OCH3 is 1. The average molecular weight is 427 g/mol. The maximum atomic E-state index is 12.5. The van der Waals surface area contributed by atoms with E-state index in [4.69, 9.17) is 9.47 Å². The number of nitrogens with one attached hydrogen (secondary N) is 2. The first kappa shape index (κ1) is 22.6. The SMILES string of the molecule is COc1cccc(NC(=O)[C@@H](C)N(C)CC(=O)Nc2ccc(N3CCOCC3)cc2)c1. The Morgan fingerprint density at radius 3 is 2.48 bits per heavy atom. The van der Waals surface area contributed by atoms with Crippen LogP contribution in [-0.2, 0) is 14.3 Å². The maximum absolute atomic E-state index is 12.5. The minimum Gasteiger partial charge on any atom is -0.497 e. The lowest BCUT2D eigenvalue weighted by Crippen LogP contribution is -2.43. The Hall–Kier alpha value is -3.10. The Morgan fingerprint density at radius 1 is 1.10 bits per heavy atom. The van der Waals surface area contributed by atoms with E-state index in [9.17, 15) is 9.59 Å². The van der Waals surface area contributed by atoms with E-state index in [1.54, 1.807) is 44.2 Å². The number of hydrogen-bond donors (Lipinski definition) is 2. The van der Waals surface area contributed by atoms with E-state index in [1.165, 1.54) is 0 Å². The molecule has 0 bridgehead atoms. The number of rotatable bonds is 8. The quantitative estimate of drug-likeness (QED) is 0.675. The van der Waals surface area contributed by atoms with Crippen LogP contribution in [0.5, 0.6) is 5.75 Å². The standard InChI is InChI=1S/C23H30N4O4/c1-17(23(29)25-19-5-4-6-21(15-19)30-3)26(2)16-22(28)24-18-7-9-20(10-8-18)27-11-13-31-14-12-27/h4-10,15,17H,11-14,16H2,1-3H3,(H,24,28)(H,25,29)/t17-/m1/s1. The van der Waals surface area contributed by atoms with Crippen molar-refractivity contribution in [3.8, 4) is 5.75 Å². The van der Waals surface area contributed by atoms with Crippen LogP contribution in [0.2, 0.25) is 0 Å². The summed E-state index contributed by atoms with van der Waals surface area (Å²) < 4.78 is 10.5. The Morgan fingerprint density at radius 2 is 1.81 bits per heavy atom. The lowest BCUT2D eigenvalue weighted by molar-refractivity contribution is -0.122. The van der Waals surface area contributed by atoms with Gasteiger partial charge in [-0.1, -0.05) is 6.07 Å². The Kier molecular flexibility index (Phi) is 7.86. The van der Waals surface area contributed by atoms with E-state index < -0.39 is 6.04 Å². The Bertz CT molecular complexity index is 881. The largest absolute Gasteiger partial charge is 0.497 e. The van der Waals surface area contributed by atoms with Crippen molar-refractivity contribution in [1.29, 1.82) is 0 Å². The van der Waals surface area contributed by atoms with Crippen molar-refractivity contribution in [2.75, 3.05) is 62.5 Å². The fourth-order valence-corrected chi connectivity index (χ4v) is 3.29. The van der Waals surface area contributed by atoms with Gasteiger partial charge in [0.25, 0.3) is 0 Å². The van der Waals surface area contributed by atoms with Gasteiger partial charge < -0.3 is 25.0 Å². The molecular formula is C23H30N4O4. The molecule has 1 saturated heterocycles. The molecule has 2 N–H and O–H groups in total. The summed E-state index contributed by atoms with van der Waals surface area (Å²) in [6, 6.07) is 14.4. The molecule has 166 valence electrons. The number of likely N-dealkylation sites (N-methyl/N-ethyl adjacent to an activating group) is 1. The molecule has 31 heavy (non-hydrogen) atoms. The number of hydrogen-bond acceptors (Lipinski definition) is 6. The van der Waals surface area contributed by atoms with Crippen LogP contribution in [0, 0.1) is 0 Å². The van der Waals surface area contributed by atoms with Crippen molar-refractivity contribution in [3.63, 3.8) is 0 Å². The molecule has 8 nitrogen and oxygen atoms in total. The second-order valence-corrected chi connectivity index (χ2v) is 7.51. The number of morpholine rings is 1. The first-order chi connectivity index (χ1) is 15.0. The summed E-state index contributed by atoms with van der Waals surface area (Å²) in [4.78, 5) is 28.9. The molecule has 1 heterocycles. The van der Waals surface area contributed by atoms with E-state index in [1.807, 2.05) is 30.3 Å².